The van der Waals surface area contributed by atoms with Crippen LogP contribution in [0.4, 0.5) is 0 Å². The zero-order chi connectivity index (χ0) is 14.1. The highest BCUT2D eigenvalue weighted by Gasteiger charge is 2.16. The summed E-state index contributed by atoms with van der Waals surface area (Å²) in [5.41, 5.74) is 2.87. The number of nitrogens with one attached hydrogen (secondary N) is 1. The molecule has 7 heteroatoms. The zero-order valence-corrected chi connectivity index (χ0v) is 10.6. The molecule has 0 aliphatic rings. The van der Waals surface area contributed by atoms with Crippen LogP contribution in [-0.2, 0) is 6.54 Å². The SMILES string of the molecule is OB(O)c1ccc(C[n+]2c[nH]c3ccnc(O)c32)cc1. The van der Waals surface area contributed by atoms with E-state index in [-0.39, 0.29) is 5.88 Å². The number of benzene rings is 1. The Kier molecular flexibility index (Phi) is 3.13. The van der Waals surface area contributed by atoms with Gasteiger partial charge in [-0.15, -0.1) is 0 Å². The standard InChI is InChI=1S/C13H12BN3O3/c18-13-12-11(5-6-15-13)16-8-17(12)7-9-1-3-10(4-2-9)14(19)20/h1-6,8,19-20H,7H2,(H,15,18)/p+1. The van der Waals surface area contributed by atoms with Crippen molar-refractivity contribution in [3.8, 4) is 5.88 Å². The zero-order valence-electron chi connectivity index (χ0n) is 10.6. The molecule has 3 aromatic rings. The van der Waals surface area contributed by atoms with Crippen molar-refractivity contribution in [3.05, 3.63) is 48.4 Å². The molecule has 0 bridgehead atoms. The predicted octanol–water partition coefficient (Wildman–Crippen LogP) is -0.716. The molecule has 2 heterocycles. The number of pyridine rings is 1. The number of aromatic nitrogens is 3. The van der Waals surface area contributed by atoms with Crippen molar-refractivity contribution < 1.29 is 19.7 Å². The Morgan fingerprint density at radius 3 is 2.60 bits per heavy atom. The molecule has 0 saturated carbocycles. The van der Waals surface area contributed by atoms with Gasteiger partial charge in [0.05, 0.1) is 0 Å². The van der Waals surface area contributed by atoms with Crippen LogP contribution in [-0.4, -0.2) is 32.2 Å². The molecule has 4 N–H and O–H groups in total. The first-order chi connectivity index (χ1) is 9.65. The van der Waals surface area contributed by atoms with E-state index < -0.39 is 7.12 Å². The highest BCUT2D eigenvalue weighted by molar-refractivity contribution is 6.58. The molecule has 1 aromatic carbocycles. The van der Waals surface area contributed by atoms with Crippen molar-refractivity contribution in [1.82, 2.24) is 9.97 Å². The fraction of sp³-hybridized carbons (Fsp3) is 0.0769. The van der Waals surface area contributed by atoms with Gasteiger partial charge >= 0.3 is 7.12 Å². The van der Waals surface area contributed by atoms with Crippen LogP contribution in [0.1, 0.15) is 5.56 Å². The Bertz CT molecular complexity index is 740. The highest BCUT2D eigenvalue weighted by atomic mass is 16.4. The van der Waals surface area contributed by atoms with E-state index in [0.29, 0.717) is 17.5 Å². The summed E-state index contributed by atoms with van der Waals surface area (Å²) < 4.78 is 1.85. The second-order valence-electron chi connectivity index (χ2n) is 4.55. The van der Waals surface area contributed by atoms with Crippen molar-refractivity contribution in [1.29, 1.82) is 0 Å². The monoisotopic (exact) mass is 270 g/mol. The van der Waals surface area contributed by atoms with Gasteiger partial charge in [0.2, 0.25) is 11.8 Å². The van der Waals surface area contributed by atoms with Gasteiger partial charge < -0.3 is 15.2 Å². The van der Waals surface area contributed by atoms with Crippen LogP contribution >= 0.6 is 0 Å². The van der Waals surface area contributed by atoms with Gasteiger partial charge in [0.1, 0.15) is 6.54 Å². The molecular formula is C13H13BN3O3+. The number of rotatable bonds is 3. The van der Waals surface area contributed by atoms with E-state index in [1.807, 2.05) is 16.7 Å². The van der Waals surface area contributed by atoms with Gasteiger partial charge in [-0.3, -0.25) is 0 Å². The minimum absolute atomic E-state index is 0.0221. The van der Waals surface area contributed by atoms with Gasteiger partial charge in [0.25, 0.3) is 5.88 Å². The van der Waals surface area contributed by atoms with Gasteiger partial charge in [-0.05, 0) is 11.0 Å². The number of hydrogen-bond donors (Lipinski definition) is 4. The lowest BCUT2D eigenvalue weighted by Gasteiger charge is -2.02. The summed E-state index contributed by atoms with van der Waals surface area (Å²) in [5.74, 6) is -0.0221. The van der Waals surface area contributed by atoms with Crippen LogP contribution in [0.25, 0.3) is 11.0 Å². The molecule has 20 heavy (non-hydrogen) atoms. The van der Waals surface area contributed by atoms with Crippen LogP contribution < -0.4 is 10.0 Å². The Morgan fingerprint density at radius 2 is 1.90 bits per heavy atom. The molecule has 0 saturated heterocycles. The van der Waals surface area contributed by atoms with Crippen LogP contribution in [0.5, 0.6) is 5.88 Å². The van der Waals surface area contributed by atoms with Crippen LogP contribution in [0.2, 0.25) is 0 Å². The van der Waals surface area contributed by atoms with Gasteiger partial charge in [-0.2, -0.15) is 0 Å². The fourth-order valence-corrected chi connectivity index (χ4v) is 2.17. The maximum Gasteiger partial charge on any atom is 0.488 e. The van der Waals surface area contributed by atoms with Gasteiger partial charge in [-0.1, -0.05) is 24.3 Å². The Hall–Kier alpha value is -2.38. The van der Waals surface area contributed by atoms with Crippen molar-refractivity contribution in [2.24, 2.45) is 0 Å². The molecule has 0 atom stereocenters. The molecule has 0 amide bonds. The van der Waals surface area contributed by atoms with Crippen molar-refractivity contribution in [2.45, 2.75) is 6.54 Å². The number of aromatic hydroxyl groups is 1. The van der Waals surface area contributed by atoms with Gasteiger partial charge in [0, 0.05) is 12.3 Å². The van der Waals surface area contributed by atoms with Crippen molar-refractivity contribution in [3.63, 3.8) is 0 Å². The summed E-state index contributed by atoms with van der Waals surface area (Å²) in [4.78, 5) is 6.93. The minimum Gasteiger partial charge on any atom is -0.490 e. The van der Waals surface area contributed by atoms with Crippen LogP contribution in [0, 0.1) is 0 Å². The molecule has 2 aromatic heterocycles. The average Bonchev–Trinajstić information content (AvgIpc) is 2.84. The quantitative estimate of drug-likeness (QED) is 0.373. The minimum atomic E-state index is -1.46. The first kappa shape index (κ1) is 12.6. The molecule has 100 valence electrons. The molecule has 3 rings (SSSR count). The van der Waals surface area contributed by atoms with E-state index in [1.165, 1.54) is 6.20 Å². The van der Waals surface area contributed by atoms with Gasteiger partial charge in [-0.25, -0.2) is 14.5 Å². The van der Waals surface area contributed by atoms with Gasteiger partial charge in [0.15, 0.2) is 5.52 Å². The molecule has 0 aliphatic carbocycles. The molecule has 0 unspecified atom stereocenters. The Balaban J connectivity index is 1.93. The summed E-state index contributed by atoms with van der Waals surface area (Å²) in [6, 6.07) is 8.74. The smallest absolute Gasteiger partial charge is 0.488 e. The normalized spacial score (nSPS) is 10.9. The molecule has 6 nitrogen and oxygen atoms in total. The third-order valence-electron chi connectivity index (χ3n) is 3.20. The molecular weight excluding hydrogens is 257 g/mol. The maximum atomic E-state index is 9.82. The van der Waals surface area contributed by atoms with E-state index in [1.54, 1.807) is 24.5 Å². The van der Waals surface area contributed by atoms with E-state index in [4.69, 9.17) is 10.0 Å². The number of fused-ring (bicyclic) bond motifs is 1. The van der Waals surface area contributed by atoms with E-state index in [9.17, 15) is 5.11 Å². The highest BCUT2D eigenvalue weighted by Crippen LogP contribution is 2.16. The topological polar surface area (TPSA) is 93.3 Å². The molecule has 0 spiro atoms. The lowest BCUT2D eigenvalue weighted by Crippen LogP contribution is -2.33. The Labute approximate surface area is 115 Å². The Morgan fingerprint density at radius 1 is 1.15 bits per heavy atom. The largest absolute Gasteiger partial charge is 0.490 e. The summed E-state index contributed by atoms with van der Waals surface area (Å²) in [6.07, 6.45) is 3.30. The van der Waals surface area contributed by atoms with Crippen LogP contribution in [0.3, 0.4) is 0 Å². The second kappa shape index (κ2) is 4.95. The summed E-state index contributed by atoms with van der Waals surface area (Å²) >= 11 is 0. The second-order valence-corrected chi connectivity index (χ2v) is 4.55. The van der Waals surface area contributed by atoms with Crippen molar-refractivity contribution >= 4 is 23.6 Å². The average molecular weight is 270 g/mol. The number of hydrogen-bond acceptors (Lipinski definition) is 4. The molecule has 0 radical (unpaired) electrons. The first-order valence-corrected chi connectivity index (χ1v) is 6.14. The predicted molar refractivity (Wildman–Crippen MR) is 73.3 cm³/mol. The fourth-order valence-electron chi connectivity index (χ4n) is 2.17. The summed E-state index contributed by atoms with van der Waals surface area (Å²) in [5, 5.41) is 27.9. The third-order valence-corrected chi connectivity index (χ3v) is 3.20. The molecule has 0 aliphatic heterocycles. The maximum absolute atomic E-state index is 9.82. The summed E-state index contributed by atoms with van der Waals surface area (Å²) in [7, 11) is -1.46. The molecule has 0 fully saturated rings. The lowest BCUT2D eigenvalue weighted by molar-refractivity contribution is -0.662. The van der Waals surface area contributed by atoms with E-state index >= 15 is 0 Å². The number of imidazole rings is 1. The van der Waals surface area contributed by atoms with Crippen molar-refractivity contribution in [2.75, 3.05) is 0 Å². The lowest BCUT2D eigenvalue weighted by atomic mass is 9.80. The first-order valence-electron chi connectivity index (χ1n) is 6.14. The number of nitrogens with zero attached hydrogens (tertiary/aromatic N) is 2. The number of aromatic amines is 1. The summed E-state index contributed by atoms with van der Waals surface area (Å²) in [6.45, 7) is 0.543. The van der Waals surface area contributed by atoms with E-state index in [2.05, 4.69) is 9.97 Å². The third kappa shape index (κ3) is 2.24. The van der Waals surface area contributed by atoms with Crippen LogP contribution in [0.15, 0.2) is 42.9 Å². The number of H-pyrrole nitrogens is 1. The van der Waals surface area contributed by atoms with E-state index in [0.717, 1.165) is 11.1 Å².